The first-order chi connectivity index (χ1) is 9.76. The molecule has 3 rings (SSSR count). The molecule has 1 spiro atoms. The van der Waals surface area contributed by atoms with Crippen molar-refractivity contribution in [1.82, 2.24) is 5.32 Å². The van der Waals surface area contributed by atoms with Crippen molar-refractivity contribution >= 4 is 11.8 Å². The molecule has 0 bridgehead atoms. The SMILES string of the molecule is CSC1(CNC2CCC3(CCCC3)CC2)CCCCC1. The molecule has 0 aromatic rings. The Morgan fingerprint density at radius 3 is 2.05 bits per heavy atom. The van der Waals surface area contributed by atoms with Crippen LogP contribution in [0, 0.1) is 5.41 Å². The molecule has 3 saturated carbocycles. The lowest BCUT2D eigenvalue weighted by atomic mass is 9.71. The highest BCUT2D eigenvalue weighted by Crippen LogP contribution is 2.49. The van der Waals surface area contributed by atoms with Crippen LogP contribution in [0.2, 0.25) is 0 Å². The number of nitrogens with one attached hydrogen (secondary N) is 1. The van der Waals surface area contributed by atoms with Gasteiger partial charge < -0.3 is 5.32 Å². The van der Waals surface area contributed by atoms with Gasteiger partial charge in [0.05, 0.1) is 0 Å². The molecular weight excluding hydrogens is 262 g/mol. The first-order valence-electron chi connectivity index (χ1n) is 9.05. The van der Waals surface area contributed by atoms with Crippen LogP contribution in [0.1, 0.15) is 83.5 Å². The summed E-state index contributed by atoms with van der Waals surface area (Å²) >= 11 is 2.14. The summed E-state index contributed by atoms with van der Waals surface area (Å²) in [4.78, 5) is 0. The monoisotopic (exact) mass is 295 g/mol. The van der Waals surface area contributed by atoms with Gasteiger partial charge in [-0.1, -0.05) is 32.1 Å². The van der Waals surface area contributed by atoms with Gasteiger partial charge in [0.2, 0.25) is 0 Å². The molecule has 0 aromatic carbocycles. The zero-order valence-electron chi connectivity index (χ0n) is 13.4. The Labute approximate surface area is 130 Å². The Hall–Kier alpha value is 0.310. The molecule has 3 fully saturated rings. The van der Waals surface area contributed by atoms with E-state index in [1.807, 2.05) is 0 Å². The maximum absolute atomic E-state index is 3.97. The molecular formula is C18H33NS. The minimum Gasteiger partial charge on any atom is -0.313 e. The number of hydrogen-bond donors (Lipinski definition) is 1. The third kappa shape index (κ3) is 3.38. The van der Waals surface area contributed by atoms with E-state index in [-0.39, 0.29) is 0 Å². The highest BCUT2D eigenvalue weighted by atomic mass is 32.2. The van der Waals surface area contributed by atoms with Crippen molar-refractivity contribution in [3.63, 3.8) is 0 Å². The van der Waals surface area contributed by atoms with Gasteiger partial charge in [0, 0.05) is 17.3 Å². The van der Waals surface area contributed by atoms with E-state index in [4.69, 9.17) is 0 Å². The maximum atomic E-state index is 3.97. The Balaban J connectivity index is 1.45. The summed E-state index contributed by atoms with van der Waals surface area (Å²) in [5.41, 5.74) is 0.792. The molecule has 1 N–H and O–H groups in total. The fourth-order valence-corrected chi connectivity index (χ4v) is 5.96. The molecule has 0 aromatic heterocycles. The first-order valence-corrected chi connectivity index (χ1v) is 10.3. The minimum atomic E-state index is 0.570. The fourth-order valence-electron chi connectivity index (χ4n) is 5.04. The number of rotatable bonds is 4. The predicted octanol–water partition coefficient (Wildman–Crippen LogP) is 5.14. The zero-order valence-corrected chi connectivity index (χ0v) is 14.2. The Morgan fingerprint density at radius 2 is 1.45 bits per heavy atom. The van der Waals surface area contributed by atoms with Crippen molar-refractivity contribution in [2.24, 2.45) is 5.41 Å². The van der Waals surface area contributed by atoms with E-state index < -0.39 is 0 Å². The third-order valence-corrected chi connectivity index (χ3v) is 8.04. The van der Waals surface area contributed by atoms with Crippen LogP contribution in [-0.2, 0) is 0 Å². The number of thioether (sulfide) groups is 1. The normalized spacial score (nSPS) is 29.9. The lowest BCUT2D eigenvalue weighted by molar-refractivity contribution is 0.166. The van der Waals surface area contributed by atoms with Crippen LogP contribution < -0.4 is 5.32 Å². The van der Waals surface area contributed by atoms with Crippen molar-refractivity contribution in [1.29, 1.82) is 0 Å². The molecule has 0 amide bonds. The van der Waals surface area contributed by atoms with Gasteiger partial charge in [0.15, 0.2) is 0 Å². The van der Waals surface area contributed by atoms with Gasteiger partial charge in [-0.2, -0.15) is 11.8 Å². The van der Waals surface area contributed by atoms with Gasteiger partial charge in [-0.05, 0) is 63.0 Å². The van der Waals surface area contributed by atoms with Crippen LogP contribution >= 0.6 is 11.8 Å². The summed E-state index contributed by atoms with van der Waals surface area (Å²) in [7, 11) is 0. The van der Waals surface area contributed by atoms with Gasteiger partial charge in [-0.3, -0.25) is 0 Å². The predicted molar refractivity (Wildman–Crippen MR) is 90.5 cm³/mol. The zero-order chi connectivity index (χ0) is 13.9. The topological polar surface area (TPSA) is 12.0 Å². The van der Waals surface area contributed by atoms with E-state index in [1.54, 1.807) is 0 Å². The number of hydrogen-bond acceptors (Lipinski definition) is 2. The van der Waals surface area contributed by atoms with Crippen LogP contribution in [0.15, 0.2) is 0 Å². The average Bonchev–Trinajstić information content (AvgIpc) is 2.96. The third-order valence-electron chi connectivity index (χ3n) is 6.62. The molecule has 3 aliphatic rings. The van der Waals surface area contributed by atoms with Gasteiger partial charge in [0.25, 0.3) is 0 Å². The van der Waals surface area contributed by atoms with Crippen molar-refractivity contribution in [2.45, 2.75) is 94.3 Å². The summed E-state index contributed by atoms with van der Waals surface area (Å²) in [5, 5.41) is 3.97. The standard InChI is InChI=1S/C18H33NS/c1-20-18(11-3-2-4-12-18)15-19-16-7-13-17(14-8-16)9-5-6-10-17/h16,19H,2-15H2,1H3. The van der Waals surface area contributed by atoms with Gasteiger partial charge in [-0.25, -0.2) is 0 Å². The minimum absolute atomic E-state index is 0.570. The highest BCUT2D eigenvalue weighted by Gasteiger charge is 2.38. The first kappa shape index (κ1) is 15.2. The van der Waals surface area contributed by atoms with E-state index in [0.29, 0.717) is 4.75 Å². The molecule has 20 heavy (non-hydrogen) atoms. The smallest absolute Gasteiger partial charge is 0.0281 e. The largest absolute Gasteiger partial charge is 0.313 e. The van der Waals surface area contributed by atoms with Crippen LogP contribution in [0.25, 0.3) is 0 Å². The molecule has 0 heterocycles. The molecule has 1 nitrogen and oxygen atoms in total. The molecule has 116 valence electrons. The van der Waals surface area contributed by atoms with E-state index in [1.165, 1.54) is 90.0 Å². The summed E-state index contributed by atoms with van der Waals surface area (Å²) in [6.07, 6.45) is 21.6. The van der Waals surface area contributed by atoms with E-state index in [0.717, 1.165) is 11.5 Å². The molecule has 2 heteroatoms. The van der Waals surface area contributed by atoms with Gasteiger partial charge >= 0.3 is 0 Å². The molecule has 0 radical (unpaired) electrons. The highest BCUT2D eigenvalue weighted by molar-refractivity contribution is 8.00. The average molecular weight is 296 g/mol. The van der Waals surface area contributed by atoms with Gasteiger partial charge in [0.1, 0.15) is 0 Å². The van der Waals surface area contributed by atoms with Crippen LogP contribution in [0.3, 0.4) is 0 Å². The Bertz CT molecular complexity index is 293. The molecule has 0 unspecified atom stereocenters. The molecule has 0 aliphatic heterocycles. The second-order valence-corrected chi connectivity index (χ2v) is 9.08. The van der Waals surface area contributed by atoms with Crippen molar-refractivity contribution < 1.29 is 0 Å². The quantitative estimate of drug-likeness (QED) is 0.770. The van der Waals surface area contributed by atoms with Crippen LogP contribution in [0.5, 0.6) is 0 Å². The fraction of sp³-hybridized carbons (Fsp3) is 1.00. The molecule has 3 aliphatic carbocycles. The second-order valence-electron chi connectivity index (χ2n) is 7.81. The lowest BCUT2D eigenvalue weighted by Crippen LogP contribution is -2.45. The second kappa shape index (κ2) is 6.60. The van der Waals surface area contributed by atoms with Crippen molar-refractivity contribution in [3.8, 4) is 0 Å². The molecule has 0 saturated heterocycles. The van der Waals surface area contributed by atoms with E-state index in [9.17, 15) is 0 Å². The van der Waals surface area contributed by atoms with Crippen molar-refractivity contribution in [3.05, 3.63) is 0 Å². The van der Waals surface area contributed by atoms with Crippen LogP contribution in [0.4, 0.5) is 0 Å². The molecule has 0 atom stereocenters. The van der Waals surface area contributed by atoms with Crippen LogP contribution in [-0.4, -0.2) is 23.6 Å². The lowest BCUT2D eigenvalue weighted by Gasteiger charge is -2.41. The summed E-state index contributed by atoms with van der Waals surface area (Å²) in [6, 6.07) is 0.826. The Morgan fingerprint density at radius 1 is 0.850 bits per heavy atom. The summed E-state index contributed by atoms with van der Waals surface area (Å²) in [6.45, 7) is 1.27. The van der Waals surface area contributed by atoms with Crippen molar-refractivity contribution in [2.75, 3.05) is 12.8 Å². The maximum Gasteiger partial charge on any atom is 0.0281 e. The van der Waals surface area contributed by atoms with E-state index >= 15 is 0 Å². The summed E-state index contributed by atoms with van der Waals surface area (Å²) in [5.74, 6) is 0. The Kier molecular flexibility index (Phi) is 5.02. The summed E-state index contributed by atoms with van der Waals surface area (Å²) < 4.78 is 0.570. The van der Waals surface area contributed by atoms with E-state index in [2.05, 4.69) is 23.3 Å². The van der Waals surface area contributed by atoms with Gasteiger partial charge in [-0.15, -0.1) is 0 Å².